The Bertz CT molecular complexity index is 988. The van der Waals surface area contributed by atoms with Crippen molar-refractivity contribution in [1.29, 1.82) is 0 Å². The zero-order valence-corrected chi connectivity index (χ0v) is 17.8. The first-order valence-corrected chi connectivity index (χ1v) is 10.9. The average Bonchev–Trinajstić information content (AvgIpc) is 3.31. The van der Waals surface area contributed by atoms with Crippen LogP contribution in [0.1, 0.15) is 18.0 Å². The first-order chi connectivity index (χ1) is 15.3. The van der Waals surface area contributed by atoms with E-state index >= 15 is 0 Å². The van der Waals surface area contributed by atoms with Crippen molar-refractivity contribution >= 4 is 23.1 Å². The molecule has 1 atom stereocenters. The Morgan fingerprint density at radius 2 is 1.71 bits per heavy atom. The lowest BCUT2D eigenvalue weighted by molar-refractivity contribution is 0.157. The molecule has 2 aliphatic heterocycles. The third-order valence-corrected chi connectivity index (χ3v) is 5.95. The molecule has 7 nitrogen and oxygen atoms in total. The van der Waals surface area contributed by atoms with Gasteiger partial charge in [0, 0.05) is 56.2 Å². The first-order valence-electron chi connectivity index (χ1n) is 10.9. The molecule has 3 heterocycles. The Balaban J connectivity index is 1.28. The number of piperazine rings is 1. The van der Waals surface area contributed by atoms with Gasteiger partial charge in [-0.3, -0.25) is 4.84 Å². The van der Waals surface area contributed by atoms with Gasteiger partial charge in [0.1, 0.15) is 0 Å². The molecule has 0 radical (unpaired) electrons. The second kappa shape index (κ2) is 8.91. The van der Waals surface area contributed by atoms with Gasteiger partial charge in [0.25, 0.3) is 0 Å². The van der Waals surface area contributed by atoms with Gasteiger partial charge in [0.15, 0.2) is 5.82 Å². The van der Waals surface area contributed by atoms with Crippen molar-refractivity contribution in [2.24, 2.45) is 0 Å². The van der Waals surface area contributed by atoms with E-state index in [1.54, 1.807) is 6.20 Å². The molecule has 2 saturated heterocycles. The quantitative estimate of drug-likeness (QED) is 0.678. The largest absolute Gasteiger partial charge is 0.369 e. The summed E-state index contributed by atoms with van der Waals surface area (Å²) in [6.07, 6.45) is 2.71. The van der Waals surface area contributed by atoms with Gasteiger partial charge in [-0.1, -0.05) is 30.3 Å². The number of nitrogens with zero attached hydrogens (tertiary/aromatic N) is 5. The van der Waals surface area contributed by atoms with E-state index in [1.807, 2.05) is 17.2 Å². The highest BCUT2D eigenvalue weighted by Gasteiger charge is 2.29. The molecule has 5 rings (SSSR count). The molecule has 7 heteroatoms. The zero-order chi connectivity index (χ0) is 21.0. The van der Waals surface area contributed by atoms with Gasteiger partial charge in [0.2, 0.25) is 5.95 Å². The third kappa shape index (κ3) is 4.47. The second-order valence-corrected chi connectivity index (χ2v) is 8.07. The van der Waals surface area contributed by atoms with Crippen LogP contribution in [0.3, 0.4) is 0 Å². The Kier molecular flexibility index (Phi) is 5.69. The molecule has 0 amide bonds. The van der Waals surface area contributed by atoms with Crippen LogP contribution in [0.5, 0.6) is 0 Å². The average molecular weight is 417 g/mol. The van der Waals surface area contributed by atoms with Gasteiger partial charge in [0.05, 0.1) is 12.6 Å². The lowest BCUT2D eigenvalue weighted by Crippen LogP contribution is -2.44. The van der Waals surface area contributed by atoms with Crippen molar-refractivity contribution in [3.05, 3.63) is 72.4 Å². The zero-order valence-electron chi connectivity index (χ0n) is 17.8. The number of benzene rings is 2. The van der Waals surface area contributed by atoms with E-state index < -0.39 is 0 Å². The molecule has 1 aromatic heterocycles. The van der Waals surface area contributed by atoms with Crippen LogP contribution < -0.4 is 15.3 Å². The molecule has 0 aliphatic carbocycles. The fraction of sp³-hybridized carbons (Fsp3) is 0.333. The molecule has 3 aromatic rings. The maximum absolute atomic E-state index is 5.91. The monoisotopic (exact) mass is 416 g/mol. The van der Waals surface area contributed by atoms with Crippen LogP contribution in [0, 0.1) is 0 Å². The standard InChI is InChI=1S/C24H28N6O/c1-28-14-16-29(17-15-28)21-9-7-20(8-10-21)26-24-25-13-11-23(27-24)30-22(12-18-31-30)19-5-3-2-4-6-19/h2-11,13,22H,12,14-18H2,1H3,(H,25,26,27)/t22-/m1/s1. The van der Waals surface area contributed by atoms with Crippen LogP contribution in [-0.4, -0.2) is 54.7 Å². The van der Waals surface area contributed by atoms with Gasteiger partial charge in [-0.2, -0.15) is 4.98 Å². The maximum Gasteiger partial charge on any atom is 0.229 e. The molecule has 0 saturated carbocycles. The summed E-state index contributed by atoms with van der Waals surface area (Å²) in [6, 6.07) is 21.0. The number of anilines is 4. The van der Waals surface area contributed by atoms with Gasteiger partial charge < -0.3 is 15.1 Å². The van der Waals surface area contributed by atoms with Crippen molar-refractivity contribution < 1.29 is 4.84 Å². The molecule has 160 valence electrons. The van der Waals surface area contributed by atoms with Crippen molar-refractivity contribution in [2.75, 3.05) is 55.1 Å². The van der Waals surface area contributed by atoms with Crippen LogP contribution in [0.2, 0.25) is 0 Å². The summed E-state index contributed by atoms with van der Waals surface area (Å²) in [7, 11) is 2.17. The molecule has 1 N–H and O–H groups in total. The van der Waals surface area contributed by atoms with E-state index in [9.17, 15) is 0 Å². The van der Waals surface area contributed by atoms with E-state index in [-0.39, 0.29) is 6.04 Å². The lowest BCUT2D eigenvalue weighted by Gasteiger charge is -2.34. The fourth-order valence-corrected chi connectivity index (χ4v) is 4.15. The Hall–Kier alpha value is -3.16. The number of hydroxylamine groups is 1. The van der Waals surface area contributed by atoms with Crippen LogP contribution in [0.25, 0.3) is 0 Å². The predicted molar refractivity (Wildman–Crippen MR) is 124 cm³/mol. The summed E-state index contributed by atoms with van der Waals surface area (Å²) < 4.78 is 0. The summed E-state index contributed by atoms with van der Waals surface area (Å²) in [5.41, 5.74) is 3.45. The van der Waals surface area contributed by atoms with Crippen molar-refractivity contribution in [3.8, 4) is 0 Å². The number of aromatic nitrogens is 2. The number of hydrogen-bond acceptors (Lipinski definition) is 7. The SMILES string of the molecule is CN1CCN(c2ccc(Nc3nccc(N4OCC[C@@H]4c4ccccc4)n3)cc2)CC1. The second-order valence-electron chi connectivity index (χ2n) is 8.07. The molecule has 31 heavy (non-hydrogen) atoms. The molecule has 0 bridgehead atoms. The number of hydrogen-bond donors (Lipinski definition) is 1. The highest BCUT2D eigenvalue weighted by molar-refractivity contribution is 5.60. The predicted octanol–water partition coefficient (Wildman–Crippen LogP) is 3.86. The minimum Gasteiger partial charge on any atom is -0.369 e. The highest BCUT2D eigenvalue weighted by Crippen LogP contribution is 2.34. The summed E-state index contributed by atoms with van der Waals surface area (Å²) in [5.74, 6) is 1.32. The van der Waals surface area contributed by atoms with Crippen molar-refractivity contribution in [1.82, 2.24) is 14.9 Å². The van der Waals surface area contributed by atoms with Crippen LogP contribution in [-0.2, 0) is 4.84 Å². The van der Waals surface area contributed by atoms with Gasteiger partial charge in [-0.15, -0.1) is 0 Å². The normalized spacial score (nSPS) is 19.6. The van der Waals surface area contributed by atoms with Gasteiger partial charge in [-0.05, 0) is 36.9 Å². The molecule has 2 aliphatic rings. The van der Waals surface area contributed by atoms with E-state index in [4.69, 9.17) is 9.82 Å². The van der Waals surface area contributed by atoms with E-state index in [0.29, 0.717) is 12.6 Å². The van der Waals surface area contributed by atoms with Gasteiger partial charge >= 0.3 is 0 Å². The number of rotatable bonds is 5. The Morgan fingerprint density at radius 3 is 2.48 bits per heavy atom. The molecule has 0 unspecified atom stereocenters. The minimum absolute atomic E-state index is 0.159. The van der Waals surface area contributed by atoms with E-state index in [0.717, 1.165) is 44.1 Å². The topological polar surface area (TPSA) is 56.8 Å². The van der Waals surface area contributed by atoms with Gasteiger partial charge in [-0.25, -0.2) is 10.0 Å². The third-order valence-electron chi connectivity index (χ3n) is 5.95. The van der Waals surface area contributed by atoms with E-state index in [2.05, 4.69) is 75.7 Å². The van der Waals surface area contributed by atoms with Crippen molar-refractivity contribution in [2.45, 2.75) is 12.5 Å². The molecular weight excluding hydrogens is 388 g/mol. The lowest BCUT2D eigenvalue weighted by atomic mass is 10.0. The van der Waals surface area contributed by atoms with Crippen molar-refractivity contribution in [3.63, 3.8) is 0 Å². The first kappa shape index (κ1) is 19.8. The molecule has 0 spiro atoms. The summed E-state index contributed by atoms with van der Waals surface area (Å²) >= 11 is 0. The minimum atomic E-state index is 0.159. The van der Waals surface area contributed by atoms with E-state index in [1.165, 1.54) is 11.3 Å². The fourth-order valence-electron chi connectivity index (χ4n) is 4.15. The maximum atomic E-state index is 5.91. The summed E-state index contributed by atoms with van der Waals surface area (Å²) in [4.78, 5) is 19.8. The van der Waals surface area contributed by atoms with Crippen LogP contribution >= 0.6 is 0 Å². The molecular formula is C24H28N6O. The summed E-state index contributed by atoms with van der Waals surface area (Å²) in [6.45, 7) is 5.01. The number of nitrogens with one attached hydrogen (secondary N) is 1. The van der Waals surface area contributed by atoms with Crippen LogP contribution in [0.15, 0.2) is 66.9 Å². The highest BCUT2D eigenvalue weighted by atomic mass is 16.7. The summed E-state index contributed by atoms with van der Waals surface area (Å²) in [5, 5.41) is 5.23. The number of likely N-dealkylation sites (N-methyl/N-ethyl adjacent to an activating group) is 1. The Labute approximate surface area is 183 Å². The smallest absolute Gasteiger partial charge is 0.229 e. The molecule has 2 aromatic carbocycles. The Morgan fingerprint density at radius 1 is 0.935 bits per heavy atom. The molecule has 2 fully saturated rings. The van der Waals surface area contributed by atoms with Crippen LogP contribution in [0.4, 0.5) is 23.1 Å².